The Morgan fingerprint density at radius 3 is 2.64 bits per heavy atom. The lowest BCUT2D eigenvalue weighted by Gasteiger charge is -2.30. The lowest BCUT2D eigenvalue weighted by Crippen LogP contribution is -2.41. The number of amides is 1. The van der Waals surface area contributed by atoms with Crippen molar-refractivity contribution in [3.8, 4) is 0 Å². The van der Waals surface area contributed by atoms with Gasteiger partial charge in [-0.2, -0.15) is 0 Å². The molecule has 0 saturated carbocycles. The first-order chi connectivity index (χ1) is 5.36. The summed E-state index contributed by atoms with van der Waals surface area (Å²) in [6.45, 7) is 5.56. The molecule has 0 aliphatic carbocycles. The van der Waals surface area contributed by atoms with E-state index in [1.54, 1.807) is 0 Å². The fourth-order valence-electron chi connectivity index (χ4n) is 1.51. The molecule has 1 aliphatic heterocycles. The Morgan fingerprint density at radius 1 is 1.55 bits per heavy atom. The molecule has 0 spiro atoms. The summed E-state index contributed by atoms with van der Waals surface area (Å²) >= 11 is 0. The van der Waals surface area contributed by atoms with Crippen molar-refractivity contribution in [1.82, 2.24) is 10.2 Å². The predicted octanol–water partition coefficient (Wildman–Crippen LogP) is 0.217. The topological polar surface area (TPSA) is 32.3 Å². The lowest BCUT2D eigenvalue weighted by atomic mass is 10.1. The molecule has 1 N–H and O–H groups in total. The minimum absolute atomic E-state index is 0.426. The van der Waals surface area contributed by atoms with Gasteiger partial charge in [-0.3, -0.25) is 4.79 Å². The second-order valence-electron chi connectivity index (χ2n) is 2.99. The van der Waals surface area contributed by atoms with Crippen molar-refractivity contribution in [1.29, 1.82) is 0 Å². The summed E-state index contributed by atoms with van der Waals surface area (Å²) in [5.41, 5.74) is 0. The summed E-state index contributed by atoms with van der Waals surface area (Å²) in [4.78, 5) is 12.5. The molecule has 1 aliphatic rings. The van der Waals surface area contributed by atoms with Gasteiger partial charge >= 0.3 is 0 Å². The van der Waals surface area contributed by atoms with Crippen molar-refractivity contribution in [3.63, 3.8) is 0 Å². The zero-order chi connectivity index (χ0) is 8.10. The molecule has 0 radical (unpaired) electrons. The highest BCUT2D eigenvalue weighted by atomic mass is 16.1. The van der Waals surface area contributed by atoms with Crippen molar-refractivity contribution in [3.05, 3.63) is 0 Å². The Bertz CT molecular complexity index is 119. The molecule has 0 aromatic heterocycles. The Hall–Kier alpha value is -0.570. The van der Waals surface area contributed by atoms with Crippen LogP contribution in [-0.4, -0.2) is 37.0 Å². The minimum Gasteiger partial charge on any atom is -0.356 e. The predicted molar refractivity (Wildman–Crippen MR) is 44.3 cm³/mol. The molecular weight excluding hydrogens is 140 g/mol. The second-order valence-corrected chi connectivity index (χ2v) is 2.99. The molecule has 3 heteroatoms. The van der Waals surface area contributed by atoms with E-state index in [2.05, 4.69) is 17.1 Å². The minimum atomic E-state index is 0.426. The molecule has 3 nitrogen and oxygen atoms in total. The molecule has 1 fully saturated rings. The van der Waals surface area contributed by atoms with Crippen molar-refractivity contribution in [2.24, 2.45) is 0 Å². The summed E-state index contributed by atoms with van der Waals surface area (Å²) in [7, 11) is 0. The second kappa shape index (κ2) is 4.34. The van der Waals surface area contributed by atoms with E-state index in [4.69, 9.17) is 0 Å². The van der Waals surface area contributed by atoms with E-state index in [9.17, 15) is 4.79 Å². The maximum Gasteiger partial charge on any atom is 0.207 e. The number of nitrogens with one attached hydrogen (secondary N) is 1. The number of likely N-dealkylation sites (tertiary alicyclic amines) is 1. The van der Waals surface area contributed by atoms with Gasteiger partial charge in [0.1, 0.15) is 0 Å². The highest BCUT2D eigenvalue weighted by Gasteiger charge is 2.16. The van der Waals surface area contributed by atoms with Crippen LogP contribution in [0.15, 0.2) is 0 Å². The summed E-state index contributed by atoms with van der Waals surface area (Å²) in [6, 6.07) is 0.426. The smallest absolute Gasteiger partial charge is 0.207 e. The monoisotopic (exact) mass is 156 g/mol. The molecule has 0 aromatic carbocycles. The molecule has 0 unspecified atom stereocenters. The Labute approximate surface area is 67.8 Å². The number of carbonyl (C=O) groups excluding carboxylic acids is 1. The van der Waals surface area contributed by atoms with Crippen LogP contribution in [0, 0.1) is 0 Å². The SMILES string of the molecule is CCN1CCC(NC=O)CC1. The van der Waals surface area contributed by atoms with E-state index in [1.165, 1.54) is 0 Å². The first-order valence-corrected chi connectivity index (χ1v) is 4.29. The number of carbonyl (C=O) groups is 1. The third-order valence-electron chi connectivity index (χ3n) is 2.34. The zero-order valence-corrected chi connectivity index (χ0v) is 7.05. The summed E-state index contributed by atoms with van der Waals surface area (Å²) in [5, 5.41) is 2.82. The van der Waals surface area contributed by atoms with Crippen LogP contribution in [0.3, 0.4) is 0 Å². The van der Waals surface area contributed by atoms with Crippen LogP contribution >= 0.6 is 0 Å². The van der Waals surface area contributed by atoms with E-state index in [-0.39, 0.29) is 0 Å². The molecule has 64 valence electrons. The van der Waals surface area contributed by atoms with Gasteiger partial charge in [0.05, 0.1) is 0 Å². The average Bonchev–Trinajstić information content (AvgIpc) is 2.07. The van der Waals surface area contributed by atoms with Gasteiger partial charge in [-0.05, 0) is 19.4 Å². The van der Waals surface area contributed by atoms with Crippen molar-refractivity contribution in [2.45, 2.75) is 25.8 Å². The van der Waals surface area contributed by atoms with Crippen LogP contribution in [0.2, 0.25) is 0 Å². The van der Waals surface area contributed by atoms with Crippen LogP contribution < -0.4 is 5.32 Å². The van der Waals surface area contributed by atoms with Crippen molar-refractivity contribution < 1.29 is 4.79 Å². The first kappa shape index (κ1) is 8.53. The van der Waals surface area contributed by atoms with Gasteiger partial charge in [0.2, 0.25) is 6.41 Å². The zero-order valence-electron chi connectivity index (χ0n) is 7.05. The van der Waals surface area contributed by atoms with Gasteiger partial charge in [0, 0.05) is 19.1 Å². The van der Waals surface area contributed by atoms with Gasteiger partial charge in [-0.25, -0.2) is 0 Å². The first-order valence-electron chi connectivity index (χ1n) is 4.29. The molecule has 0 aromatic rings. The number of hydrogen-bond acceptors (Lipinski definition) is 2. The van der Waals surface area contributed by atoms with Crippen LogP contribution in [0.1, 0.15) is 19.8 Å². The quantitative estimate of drug-likeness (QED) is 0.593. The Balaban J connectivity index is 2.18. The largest absolute Gasteiger partial charge is 0.356 e. The van der Waals surface area contributed by atoms with E-state index in [0.29, 0.717) is 6.04 Å². The summed E-state index contributed by atoms with van der Waals surface area (Å²) in [5.74, 6) is 0. The molecule has 0 atom stereocenters. The van der Waals surface area contributed by atoms with E-state index < -0.39 is 0 Å². The molecule has 0 bridgehead atoms. The fraction of sp³-hybridized carbons (Fsp3) is 0.875. The Kier molecular flexibility index (Phi) is 3.36. The molecule has 11 heavy (non-hydrogen) atoms. The third-order valence-corrected chi connectivity index (χ3v) is 2.34. The highest BCUT2D eigenvalue weighted by Crippen LogP contribution is 2.08. The highest BCUT2D eigenvalue weighted by molar-refractivity contribution is 5.46. The number of nitrogens with zero attached hydrogens (tertiary/aromatic N) is 1. The van der Waals surface area contributed by atoms with Crippen molar-refractivity contribution in [2.75, 3.05) is 19.6 Å². The average molecular weight is 156 g/mol. The van der Waals surface area contributed by atoms with Crippen LogP contribution in [0.25, 0.3) is 0 Å². The number of piperidine rings is 1. The van der Waals surface area contributed by atoms with E-state index in [0.717, 1.165) is 38.9 Å². The van der Waals surface area contributed by atoms with Gasteiger partial charge in [-0.15, -0.1) is 0 Å². The third kappa shape index (κ3) is 2.50. The van der Waals surface area contributed by atoms with Gasteiger partial charge < -0.3 is 10.2 Å². The van der Waals surface area contributed by atoms with Gasteiger partial charge in [0.25, 0.3) is 0 Å². The summed E-state index contributed by atoms with van der Waals surface area (Å²) < 4.78 is 0. The van der Waals surface area contributed by atoms with E-state index >= 15 is 0 Å². The maximum atomic E-state index is 10.1. The standard InChI is InChI=1S/C8H16N2O/c1-2-10-5-3-8(4-6-10)9-7-11/h7-8H,2-6H2,1H3,(H,9,11). The Morgan fingerprint density at radius 2 is 2.18 bits per heavy atom. The van der Waals surface area contributed by atoms with E-state index in [1.807, 2.05) is 0 Å². The van der Waals surface area contributed by atoms with Crippen molar-refractivity contribution >= 4 is 6.41 Å². The van der Waals surface area contributed by atoms with Gasteiger partial charge in [0.15, 0.2) is 0 Å². The molecule has 1 heterocycles. The lowest BCUT2D eigenvalue weighted by molar-refractivity contribution is -0.110. The molecule has 1 saturated heterocycles. The van der Waals surface area contributed by atoms with Crippen LogP contribution in [0.4, 0.5) is 0 Å². The normalized spacial score (nSPS) is 21.5. The molecular formula is C8H16N2O. The van der Waals surface area contributed by atoms with Gasteiger partial charge in [-0.1, -0.05) is 6.92 Å². The molecule has 1 rings (SSSR count). The fourth-order valence-corrected chi connectivity index (χ4v) is 1.51. The van der Waals surface area contributed by atoms with Crippen LogP contribution in [-0.2, 0) is 4.79 Å². The van der Waals surface area contributed by atoms with Crippen LogP contribution in [0.5, 0.6) is 0 Å². The maximum absolute atomic E-state index is 10.1. The molecule has 1 amide bonds. The summed E-state index contributed by atoms with van der Waals surface area (Å²) in [6.07, 6.45) is 3.02. The number of hydrogen-bond donors (Lipinski definition) is 1. The number of rotatable bonds is 3.